The average molecular weight is 267 g/mol. The Bertz CT molecular complexity index is 286. The van der Waals surface area contributed by atoms with Crippen molar-refractivity contribution in [2.45, 2.75) is 36.7 Å². The number of hydrogen-bond donors (Lipinski definition) is 6. The van der Waals surface area contributed by atoms with Crippen LogP contribution in [0.4, 0.5) is 0 Å². The lowest BCUT2D eigenvalue weighted by Gasteiger charge is -2.39. The molecule has 0 saturated carbocycles. The van der Waals surface area contributed by atoms with Gasteiger partial charge in [0.1, 0.15) is 30.5 Å². The van der Waals surface area contributed by atoms with E-state index in [0.717, 1.165) is 0 Å². The second kappa shape index (κ2) is 6.38. The molecule has 0 aromatic rings. The lowest BCUT2D eigenvalue weighted by Crippen LogP contribution is -2.60. The molecule has 0 aromatic heterocycles. The van der Waals surface area contributed by atoms with Gasteiger partial charge in [-0.1, -0.05) is 0 Å². The Balaban J connectivity index is 2.67. The molecule has 0 spiro atoms. The first kappa shape index (κ1) is 15.2. The predicted octanol–water partition coefficient (Wildman–Crippen LogP) is -4.35. The van der Waals surface area contributed by atoms with Gasteiger partial charge in [0.05, 0.1) is 13.2 Å². The molecule has 106 valence electrons. The van der Waals surface area contributed by atoms with E-state index in [9.17, 15) is 20.1 Å². The number of carbonyl (C=O) groups is 1. The summed E-state index contributed by atoms with van der Waals surface area (Å²) >= 11 is 0. The smallest absolute Gasteiger partial charge is 0.327 e. The van der Waals surface area contributed by atoms with Crippen LogP contribution in [0.5, 0.6) is 0 Å². The van der Waals surface area contributed by atoms with E-state index < -0.39 is 55.9 Å². The van der Waals surface area contributed by atoms with Crippen molar-refractivity contribution in [2.24, 2.45) is 5.73 Å². The highest BCUT2D eigenvalue weighted by molar-refractivity contribution is 5.75. The van der Waals surface area contributed by atoms with Crippen molar-refractivity contribution in [1.82, 2.24) is 0 Å². The summed E-state index contributed by atoms with van der Waals surface area (Å²) in [5, 5.41) is 45.9. The maximum atomic E-state index is 11.3. The third-order valence-electron chi connectivity index (χ3n) is 2.58. The van der Waals surface area contributed by atoms with Crippen LogP contribution >= 0.6 is 0 Å². The second-order valence-electron chi connectivity index (χ2n) is 3.92. The molecule has 6 atom stereocenters. The average Bonchev–Trinajstić information content (AvgIpc) is 2.38. The number of carbonyl (C=O) groups excluding carboxylic acids is 1. The zero-order valence-corrected chi connectivity index (χ0v) is 9.42. The Morgan fingerprint density at radius 2 is 1.83 bits per heavy atom. The molecule has 9 heteroatoms. The van der Waals surface area contributed by atoms with Crippen LogP contribution in [-0.2, 0) is 14.3 Å². The second-order valence-corrected chi connectivity index (χ2v) is 3.92. The minimum absolute atomic E-state index is 0.634. The van der Waals surface area contributed by atoms with Crippen LogP contribution in [-0.4, -0.2) is 81.5 Å². The van der Waals surface area contributed by atoms with E-state index in [1.54, 1.807) is 0 Å². The third-order valence-corrected chi connectivity index (χ3v) is 2.58. The normalized spacial score (nSPS) is 38.2. The van der Waals surface area contributed by atoms with Gasteiger partial charge in [-0.25, -0.2) is 0 Å². The SMILES string of the molecule is N[C@@H](CO)C(=O)O[C@@H]1O[C@H](CO)[C@@H](O)[C@H](O)[C@H]1O. The first-order valence-electron chi connectivity index (χ1n) is 5.29. The van der Waals surface area contributed by atoms with Gasteiger partial charge in [0.2, 0.25) is 6.29 Å². The Hall–Kier alpha value is -0.810. The molecular formula is C9H17NO8. The van der Waals surface area contributed by atoms with Crippen molar-refractivity contribution in [2.75, 3.05) is 13.2 Å². The number of aliphatic hydroxyl groups is 5. The van der Waals surface area contributed by atoms with E-state index in [4.69, 9.17) is 20.7 Å². The van der Waals surface area contributed by atoms with Gasteiger partial charge in [0.15, 0.2) is 0 Å². The van der Waals surface area contributed by atoms with Crippen molar-refractivity contribution in [1.29, 1.82) is 0 Å². The molecule has 0 aliphatic carbocycles. The molecule has 0 bridgehead atoms. The molecule has 9 nitrogen and oxygen atoms in total. The summed E-state index contributed by atoms with van der Waals surface area (Å²) in [6.45, 7) is -1.29. The van der Waals surface area contributed by atoms with Crippen LogP contribution in [0.15, 0.2) is 0 Å². The highest BCUT2D eigenvalue weighted by Gasteiger charge is 2.45. The van der Waals surface area contributed by atoms with Crippen molar-refractivity contribution in [3.05, 3.63) is 0 Å². The summed E-state index contributed by atoms with van der Waals surface area (Å²) in [5.74, 6) is -1.04. The molecule has 18 heavy (non-hydrogen) atoms. The molecule has 0 unspecified atom stereocenters. The fraction of sp³-hybridized carbons (Fsp3) is 0.889. The van der Waals surface area contributed by atoms with Gasteiger partial charge < -0.3 is 40.7 Å². The van der Waals surface area contributed by atoms with Gasteiger partial charge in [-0.05, 0) is 0 Å². The Labute approximate surface area is 102 Å². The van der Waals surface area contributed by atoms with Crippen molar-refractivity contribution in [3.63, 3.8) is 0 Å². The van der Waals surface area contributed by atoms with Crippen LogP contribution in [0.2, 0.25) is 0 Å². The predicted molar refractivity (Wildman–Crippen MR) is 54.9 cm³/mol. The summed E-state index contributed by atoms with van der Waals surface area (Å²) in [4.78, 5) is 11.3. The van der Waals surface area contributed by atoms with Crippen LogP contribution in [0.1, 0.15) is 0 Å². The fourth-order valence-corrected chi connectivity index (χ4v) is 1.44. The summed E-state index contributed by atoms with van der Waals surface area (Å²) in [6.07, 6.45) is -7.61. The zero-order valence-electron chi connectivity index (χ0n) is 9.42. The lowest BCUT2D eigenvalue weighted by molar-refractivity contribution is -0.293. The molecule has 0 radical (unpaired) electrons. The Morgan fingerprint density at radius 3 is 2.33 bits per heavy atom. The van der Waals surface area contributed by atoms with Gasteiger partial charge in [0.25, 0.3) is 0 Å². The Kier molecular flexibility index (Phi) is 5.41. The number of nitrogens with two attached hydrogens (primary N) is 1. The van der Waals surface area contributed by atoms with Crippen molar-refractivity contribution in [3.8, 4) is 0 Å². The first-order valence-corrected chi connectivity index (χ1v) is 5.29. The van der Waals surface area contributed by atoms with Gasteiger partial charge in [-0.3, -0.25) is 4.79 Å². The quantitative estimate of drug-likeness (QED) is 0.276. The third kappa shape index (κ3) is 3.14. The van der Waals surface area contributed by atoms with E-state index >= 15 is 0 Å². The topological polar surface area (TPSA) is 163 Å². The number of esters is 1. The fourth-order valence-electron chi connectivity index (χ4n) is 1.44. The summed E-state index contributed by atoms with van der Waals surface area (Å²) in [7, 11) is 0. The number of ether oxygens (including phenoxy) is 2. The minimum atomic E-state index is -1.68. The molecule has 1 aliphatic heterocycles. The molecule has 0 amide bonds. The highest BCUT2D eigenvalue weighted by atomic mass is 16.7. The molecule has 1 aliphatic rings. The van der Waals surface area contributed by atoms with Crippen LogP contribution in [0, 0.1) is 0 Å². The summed E-state index contributed by atoms with van der Waals surface area (Å²) in [5.41, 5.74) is 5.19. The molecular weight excluding hydrogens is 250 g/mol. The monoisotopic (exact) mass is 267 g/mol. The maximum absolute atomic E-state index is 11.3. The van der Waals surface area contributed by atoms with E-state index in [-0.39, 0.29) is 0 Å². The van der Waals surface area contributed by atoms with Crippen molar-refractivity contribution < 1.29 is 39.8 Å². The molecule has 7 N–H and O–H groups in total. The summed E-state index contributed by atoms with van der Waals surface area (Å²) in [6, 6.07) is -1.31. The first-order chi connectivity index (χ1) is 8.42. The largest absolute Gasteiger partial charge is 0.432 e. The standard InChI is InChI=1S/C9H17NO8/c10-3(1-11)8(16)18-9-7(15)6(14)5(13)4(2-12)17-9/h3-7,9,11-15H,1-2,10H2/t3-,4+,5+,6-,7+,9-/m0/s1. The van der Waals surface area contributed by atoms with E-state index in [0.29, 0.717) is 0 Å². The molecule has 1 saturated heterocycles. The van der Waals surface area contributed by atoms with Crippen LogP contribution < -0.4 is 5.73 Å². The molecule has 1 rings (SSSR count). The van der Waals surface area contributed by atoms with Gasteiger partial charge in [0, 0.05) is 0 Å². The van der Waals surface area contributed by atoms with Crippen molar-refractivity contribution >= 4 is 5.97 Å². The van der Waals surface area contributed by atoms with E-state index in [1.165, 1.54) is 0 Å². The Morgan fingerprint density at radius 1 is 1.22 bits per heavy atom. The van der Waals surface area contributed by atoms with Gasteiger partial charge >= 0.3 is 5.97 Å². The minimum Gasteiger partial charge on any atom is -0.432 e. The number of rotatable bonds is 4. The molecule has 0 aromatic carbocycles. The molecule has 1 fully saturated rings. The highest BCUT2D eigenvalue weighted by Crippen LogP contribution is 2.22. The van der Waals surface area contributed by atoms with E-state index in [1.807, 2.05) is 0 Å². The zero-order chi connectivity index (χ0) is 13.9. The maximum Gasteiger partial charge on any atom is 0.327 e. The number of hydrogen-bond acceptors (Lipinski definition) is 9. The number of aliphatic hydroxyl groups excluding tert-OH is 5. The van der Waals surface area contributed by atoms with Crippen LogP contribution in [0.3, 0.4) is 0 Å². The summed E-state index contributed by atoms with van der Waals surface area (Å²) < 4.78 is 9.53. The van der Waals surface area contributed by atoms with Gasteiger partial charge in [-0.15, -0.1) is 0 Å². The van der Waals surface area contributed by atoms with Crippen LogP contribution in [0.25, 0.3) is 0 Å². The molecule has 1 heterocycles. The van der Waals surface area contributed by atoms with Gasteiger partial charge in [-0.2, -0.15) is 0 Å². The lowest BCUT2D eigenvalue weighted by atomic mass is 9.99. The van der Waals surface area contributed by atoms with E-state index in [2.05, 4.69) is 4.74 Å².